The minimum absolute atomic E-state index is 0.0556. The molecular formula is C25H37N7O6. The van der Waals surface area contributed by atoms with Gasteiger partial charge in [-0.1, -0.05) is 13.8 Å². The summed E-state index contributed by atoms with van der Waals surface area (Å²) in [5.41, 5.74) is 0.0911. The van der Waals surface area contributed by atoms with Crippen molar-refractivity contribution >= 4 is 36.7 Å². The first-order valence-corrected chi connectivity index (χ1v) is 12.2. The van der Waals surface area contributed by atoms with E-state index in [4.69, 9.17) is 14.6 Å². The van der Waals surface area contributed by atoms with E-state index in [0.717, 1.165) is 5.57 Å². The molecule has 38 heavy (non-hydrogen) atoms. The van der Waals surface area contributed by atoms with E-state index in [-0.39, 0.29) is 37.1 Å². The van der Waals surface area contributed by atoms with Gasteiger partial charge in [0.15, 0.2) is 0 Å². The number of aromatic nitrogens is 2. The average Bonchev–Trinajstić information content (AvgIpc) is 2.85. The lowest BCUT2D eigenvalue weighted by atomic mass is 10.1. The molecule has 2 N–H and O–H groups in total. The molecule has 1 fully saturated rings. The molecule has 0 radical (unpaired) electrons. The van der Waals surface area contributed by atoms with Crippen molar-refractivity contribution in [1.82, 2.24) is 20.2 Å². The molecule has 1 amide bonds. The van der Waals surface area contributed by atoms with Gasteiger partial charge < -0.3 is 29.7 Å². The summed E-state index contributed by atoms with van der Waals surface area (Å²) in [6, 6.07) is -0.788. The average molecular weight is 532 g/mol. The zero-order valence-electron chi connectivity index (χ0n) is 22.8. The van der Waals surface area contributed by atoms with E-state index in [1.807, 2.05) is 13.8 Å². The number of guanidine groups is 1. The quantitative estimate of drug-likeness (QED) is 0.290. The van der Waals surface area contributed by atoms with Gasteiger partial charge in [0.1, 0.15) is 11.6 Å². The van der Waals surface area contributed by atoms with Crippen LogP contribution in [-0.4, -0.2) is 95.1 Å². The van der Waals surface area contributed by atoms with E-state index in [1.165, 1.54) is 12.4 Å². The molecule has 1 aromatic heterocycles. The van der Waals surface area contributed by atoms with Crippen molar-refractivity contribution in [2.45, 2.75) is 53.2 Å². The molecule has 2 rings (SSSR count). The maximum absolute atomic E-state index is 13.0. The number of piperazine rings is 1. The van der Waals surface area contributed by atoms with Gasteiger partial charge in [0.25, 0.3) is 0 Å². The third-order valence-electron chi connectivity index (χ3n) is 5.09. The molecular weight excluding hydrogens is 494 g/mol. The molecule has 0 aromatic carbocycles. The number of esters is 1. The standard InChI is InChI=1S/C25H37N7O6/c1-16(2)15-37-21(35)19-14-31(8-9-32(19)23-28-12-18(13-29-23)20(33)34)22(26-7)27-10-17(3)11-30-24(36)38-25(4,5)6/h10,12-13,16,19H,7-9,11,14-15H2,1-6H3,(H,30,36)(H,33,34)/b17-10+,27-22+/t19-/m0/s1. The number of carboxylic acid groups (broad SMARTS) is 1. The summed E-state index contributed by atoms with van der Waals surface area (Å²) in [5, 5.41) is 11.8. The van der Waals surface area contributed by atoms with Crippen molar-refractivity contribution in [3.63, 3.8) is 0 Å². The molecule has 1 aliphatic rings. The van der Waals surface area contributed by atoms with Gasteiger partial charge in [0, 0.05) is 38.2 Å². The predicted octanol–water partition coefficient (Wildman–Crippen LogP) is 2.35. The number of nitrogens with zero attached hydrogens (tertiary/aromatic N) is 6. The van der Waals surface area contributed by atoms with Gasteiger partial charge in [0.05, 0.1) is 18.7 Å². The Morgan fingerprint density at radius 1 is 1.26 bits per heavy atom. The van der Waals surface area contributed by atoms with E-state index in [9.17, 15) is 14.4 Å². The molecule has 1 saturated heterocycles. The Hall–Kier alpha value is -4.03. The van der Waals surface area contributed by atoms with Crippen LogP contribution < -0.4 is 10.2 Å². The number of carbonyl (C=O) groups is 3. The summed E-state index contributed by atoms with van der Waals surface area (Å²) >= 11 is 0. The second-order valence-electron chi connectivity index (χ2n) is 10.2. The number of rotatable bonds is 8. The largest absolute Gasteiger partial charge is 0.478 e. The minimum atomic E-state index is -1.14. The van der Waals surface area contributed by atoms with Gasteiger partial charge in [-0.3, -0.25) is 0 Å². The number of alkyl carbamates (subject to hydrolysis) is 1. The Morgan fingerprint density at radius 2 is 1.92 bits per heavy atom. The lowest BCUT2D eigenvalue weighted by Crippen LogP contribution is -2.58. The lowest BCUT2D eigenvalue weighted by molar-refractivity contribution is -0.147. The highest BCUT2D eigenvalue weighted by Crippen LogP contribution is 2.19. The van der Waals surface area contributed by atoms with E-state index < -0.39 is 29.7 Å². The second kappa shape index (κ2) is 13.5. The molecule has 1 aliphatic heterocycles. The predicted molar refractivity (Wildman–Crippen MR) is 142 cm³/mol. The lowest BCUT2D eigenvalue weighted by Gasteiger charge is -2.40. The van der Waals surface area contributed by atoms with Gasteiger partial charge in [0.2, 0.25) is 11.9 Å². The Balaban J connectivity index is 2.18. The highest BCUT2D eigenvalue weighted by Gasteiger charge is 2.36. The Kier molecular flexibility index (Phi) is 10.7. The number of carbonyl (C=O) groups excluding carboxylic acids is 2. The Bertz CT molecular complexity index is 1060. The van der Waals surface area contributed by atoms with Crippen LogP contribution in [0.2, 0.25) is 0 Å². The molecule has 0 aliphatic carbocycles. The molecule has 0 unspecified atom stereocenters. The molecule has 208 valence electrons. The van der Waals surface area contributed by atoms with Crippen molar-refractivity contribution < 1.29 is 29.0 Å². The van der Waals surface area contributed by atoms with E-state index >= 15 is 0 Å². The van der Waals surface area contributed by atoms with Gasteiger partial charge >= 0.3 is 18.0 Å². The first-order valence-electron chi connectivity index (χ1n) is 12.2. The van der Waals surface area contributed by atoms with Crippen LogP contribution in [0.15, 0.2) is 34.2 Å². The number of carboxylic acids is 1. The number of hydrogen-bond acceptors (Lipinski definition) is 9. The highest BCUT2D eigenvalue weighted by molar-refractivity contribution is 5.88. The summed E-state index contributed by atoms with van der Waals surface area (Å²) in [6.45, 7) is 16.0. The number of ether oxygens (including phenoxy) is 2. The summed E-state index contributed by atoms with van der Waals surface area (Å²) in [5.74, 6) is -0.949. The van der Waals surface area contributed by atoms with Gasteiger partial charge in [-0.05, 0) is 45.9 Å². The smallest absolute Gasteiger partial charge is 0.407 e. The Morgan fingerprint density at radius 3 is 2.47 bits per heavy atom. The van der Waals surface area contributed by atoms with E-state index in [1.54, 1.807) is 43.7 Å². The highest BCUT2D eigenvalue weighted by atomic mass is 16.6. The molecule has 13 nitrogen and oxygen atoms in total. The van der Waals surface area contributed by atoms with Crippen LogP contribution in [0.3, 0.4) is 0 Å². The molecule has 0 spiro atoms. The first-order chi connectivity index (χ1) is 17.8. The number of aromatic carboxylic acids is 1. The van der Waals surface area contributed by atoms with Crippen molar-refractivity contribution in [1.29, 1.82) is 0 Å². The van der Waals surface area contributed by atoms with Gasteiger partial charge in [-0.2, -0.15) is 0 Å². The van der Waals surface area contributed by atoms with E-state index in [2.05, 4.69) is 32.0 Å². The monoisotopic (exact) mass is 531 g/mol. The Labute approximate surface area is 222 Å². The SMILES string of the molecule is C=N/C(=N\C=C(/C)CNC(=O)OC(C)(C)C)N1CCN(c2ncc(C(=O)O)cn2)[C@H](C(=O)OCC(C)C)C1. The van der Waals surface area contributed by atoms with Crippen molar-refractivity contribution in [3.8, 4) is 0 Å². The fourth-order valence-corrected chi connectivity index (χ4v) is 3.29. The third kappa shape index (κ3) is 9.45. The van der Waals surface area contributed by atoms with Crippen molar-refractivity contribution in [2.24, 2.45) is 15.9 Å². The molecule has 13 heteroatoms. The van der Waals surface area contributed by atoms with Gasteiger partial charge in [-0.15, -0.1) is 0 Å². The fraction of sp³-hybridized carbons (Fsp3) is 0.560. The van der Waals surface area contributed by atoms with Crippen LogP contribution >= 0.6 is 0 Å². The topological polar surface area (TPSA) is 159 Å². The maximum Gasteiger partial charge on any atom is 0.407 e. The van der Waals surface area contributed by atoms with E-state index in [0.29, 0.717) is 19.0 Å². The summed E-state index contributed by atoms with van der Waals surface area (Å²) in [7, 11) is 0. The maximum atomic E-state index is 13.0. The minimum Gasteiger partial charge on any atom is -0.478 e. The zero-order valence-corrected chi connectivity index (χ0v) is 22.8. The summed E-state index contributed by atoms with van der Waals surface area (Å²) in [4.78, 5) is 56.3. The second-order valence-corrected chi connectivity index (χ2v) is 10.2. The first kappa shape index (κ1) is 30.2. The summed E-state index contributed by atoms with van der Waals surface area (Å²) in [6.07, 6.45) is 3.43. The van der Waals surface area contributed by atoms with Crippen LogP contribution in [0.1, 0.15) is 51.9 Å². The van der Waals surface area contributed by atoms with Crippen LogP contribution in [0.4, 0.5) is 10.7 Å². The normalized spacial score (nSPS) is 16.8. The molecule has 1 aromatic rings. The molecule has 0 saturated carbocycles. The number of nitrogens with one attached hydrogen (secondary N) is 1. The van der Waals surface area contributed by atoms with Crippen LogP contribution in [-0.2, 0) is 14.3 Å². The third-order valence-corrected chi connectivity index (χ3v) is 5.09. The zero-order chi connectivity index (χ0) is 28.5. The van der Waals surface area contributed by atoms with Crippen molar-refractivity contribution in [3.05, 3.63) is 29.7 Å². The number of aliphatic imine (C=N–C) groups is 2. The molecule has 1 atom stereocenters. The fourth-order valence-electron chi connectivity index (χ4n) is 3.29. The van der Waals surface area contributed by atoms with Crippen LogP contribution in [0, 0.1) is 5.92 Å². The molecule has 0 bridgehead atoms. The number of anilines is 1. The van der Waals surface area contributed by atoms with Crippen LogP contribution in [0.25, 0.3) is 0 Å². The summed E-state index contributed by atoms with van der Waals surface area (Å²) < 4.78 is 10.7. The van der Waals surface area contributed by atoms with Crippen LogP contribution in [0.5, 0.6) is 0 Å². The van der Waals surface area contributed by atoms with Gasteiger partial charge in [-0.25, -0.2) is 34.3 Å². The molecule has 2 heterocycles. The van der Waals surface area contributed by atoms with Crippen molar-refractivity contribution in [2.75, 3.05) is 37.7 Å². The number of amides is 1. The number of hydrogen-bond donors (Lipinski definition) is 2.